The molecule has 0 aliphatic carbocycles. The second-order valence-corrected chi connectivity index (χ2v) is 4.62. The van der Waals surface area contributed by atoms with Gasteiger partial charge < -0.3 is 24.8 Å². The molecule has 0 fully saturated rings. The first-order chi connectivity index (χ1) is 10.7. The maximum absolute atomic E-state index is 5.31. The molecule has 0 heterocycles. The smallest absolute Gasteiger partial charge is 0.191 e. The van der Waals surface area contributed by atoms with Crippen LogP contribution in [-0.4, -0.2) is 53.5 Å². The van der Waals surface area contributed by atoms with Gasteiger partial charge in [0.15, 0.2) is 17.5 Å². The fraction of sp³-hybridized carbons (Fsp3) is 0.562. The summed E-state index contributed by atoms with van der Waals surface area (Å²) in [5.74, 6) is 2.30. The van der Waals surface area contributed by atoms with E-state index in [1.807, 2.05) is 25.1 Å². The van der Waals surface area contributed by atoms with E-state index < -0.39 is 0 Å². The van der Waals surface area contributed by atoms with E-state index >= 15 is 0 Å². The van der Waals surface area contributed by atoms with Gasteiger partial charge >= 0.3 is 0 Å². The number of methoxy groups -OCH3 is 3. The third-order valence-electron chi connectivity index (χ3n) is 3.06. The summed E-state index contributed by atoms with van der Waals surface area (Å²) in [5, 5.41) is 6.51. The van der Waals surface area contributed by atoms with Crippen LogP contribution in [-0.2, 0) is 11.2 Å². The Balaban J connectivity index is 2.52. The van der Waals surface area contributed by atoms with Crippen LogP contribution in [0.15, 0.2) is 23.2 Å². The minimum absolute atomic E-state index is 0.617. The zero-order chi connectivity index (χ0) is 16.2. The van der Waals surface area contributed by atoms with Gasteiger partial charge in [0.2, 0.25) is 0 Å². The normalized spacial score (nSPS) is 11.2. The van der Waals surface area contributed by atoms with E-state index in [9.17, 15) is 0 Å². The van der Waals surface area contributed by atoms with Crippen molar-refractivity contribution in [1.82, 2.24) is 10.6 Å². The Kier molecular flexibility index (Phi) is 8.83. The lowest BCUT2D eigenvalue weighted by atomic mass is 10.1. The molecule has 0 bridgehead atoms. The molecule has 1 aromatic carbocycles. The summed E-state index contributed by atoms with van der Waals surface area (Å²) in [7, 11) is 4.96. The zero-order valence-corrected chi connectivity index (χ0v) is 13.9. The molecule has 1 aromatic rings. The van der Waals surface area contributed by atoms with E-state index in [-0.39, 0.29) is 0 Å². The van der Waals surface area contributed by atoms with Crippen LogP contribution in [0.1, 0.15) is 12.5 Å². The van der Waals surface area contributed by atoms with Gasteiger partial charge in [-0.2, -0.15) is 0 Å². The number of benzene rings is 1. The van der Waals surface area contributed by atoms with Crippen LogP contribution in [0, 0.1) is 0 Å². The fourth-order valence-electron chi connectivity index (χ4n) is 1.95. The summed E-state index contributed by atoms with van der Waals surface area (Å²) in [6.07, 6.45) is 0.870. The van der Waals surface area contributed by atoms with Crippen LogP contribution >= 0.6 is 0 Å². The molecule has 0 aliphatic rings. The van der Waals surface area contributed by atoms with E-state index in [0.29, 0.717) is 13.2 Å². The van der Waals surface area contributed by atoms with Gasteiger partial charge in [0.1, 0.15) is 0 Å². The van der Waals surface area contributed by atoms with E-state index in [1.165, 1.54) is 5.56 Å². The lowest BCUT2D eigenvalue weighted by Crippen LogP contribution is -2.38. The molecule has 1 rings (SSSR count). The van der Waals surface area contributed by atoms with Gasteiger partial charge in [-0.15, -0.1) is 0 Å². The number of ether oxygens (including phenoxy) is 3. The summed E-state index contributed by atoms with van der Waals surface area (Å²) in [6, 6.07) is 5.96. The van der Waals surface area contributed by atoms with Gasteiger partial charge in [-0.1, -0.05) is 6.07 Å². The number of hydrogen-bond donors (Lipinski definition) is 2. The lowest BCUT2D eigenvalue weighted by molar-refractivity contribution is 0.208. The minimum Gasteiger partial charge on any atom is -0.493 e. The van der Waals surface area contributed by atoms with Crippen molar-refractivity contribution in [3.63, 3.8) is 0 Å². The predicted octanol–water partition coefficient (Wildman–Crippen LogP) is 1.45. The summed E-state index contributed by atoms with van der Waals surface area (Å²) in [5.41, 5.74) is 1.18. The first-order valence-electron chi connectivity index (χ1n) is 7.47. The highest BCUT2D eigenvalue weighted by molar-refractivity contribution is 5.79. The highest BCUT2D eigenvalue weighted by Gasteiger charge is 2.04. The standard InChI is InChI=1S/C16H27N3O3/c1-5-17-16(19-10-11-20-2)18-9-8-13-6-7-14(21-3)15(12-13)22-4/h6-7,12H,5,8-11H2,1-4H3,(H2,17,18,19). The highest BCUT2D eigenvalue weighted by Crippen LogP contribution is 2.27. The first-order valence-corrected chi connectivity index (χ1v) is 7.47. The molecule has 0 amide bonds. The van der Waals surface area contributed by atoms with Crippen LogP contribution < -0.4 is 20.1 Å². The predicted molar refractivity (Wildman–Crippen MR) is 89.1 cm³/mol. The van der Waals surface area contributed by atoms with Crippen LogP contribution in [0.2, 0.25) is 0 Å². The molecule has 124 valence electrons. The number of rotatable bonds is 9. The summed E-state index contributed by atoms with van der Waals surface area (Å²) >= 11 is 0. The van der Waals surface area contributed by atoms with Crippen molar-refractivity contribution in [3.8, 4) is 11.5 Å². The largest absolute Gasteiger partial charge is 0.493 e. The molecule has 0 saturated carbocycles. The van der Waals surface area contributed by atoms with E-state index in [4.69, 9.17) is 14.2 Å². The molecule has 0 unspecified atom stereocenters. The van der Waals surface area contributed by atoms with Crippen molar-refractivity contribution in [2.24, 2.45) is 4.99 Å². The maximum atomic E-state index is 5.31. The van der Waals surface area contributed by atoms with Crippen molar-refractivity contribution >= 4 is 5.96 Å². The molecule has 2 N–H and O–H groups in total. The van der Waals surface area contributed by atoms with Crippen molar-refractivity contribution < 1.29 is 14.2 Å². The highest BCUT2D eigenvalue weighted by atomic mass is 16.5. The van der Waals surface area contributed by atoms with Crippen LogP contribution in [0.5, 0.6) is 11.5 Å². The fourth-order valence-corrected chi connectivity index (χ4v) is 1.95. The molecule has 0 atom stereocenters. The third-order valence-corrected chi connectivity index (χ3v) is 3.06. The van der Waals surface area contributed by atoms with Crippen LogP contribution in [0.25, 0.3) is 0 Å². The Hall–Kier alpha value is -1.95. The number of nitrogens with one attached hydrogen (secondary N) is 2. The monoisotopic (exact) mass is 309 g/mol. The third kappa shape index (κ3) is 6.22. The summed E-state index contributed by atoms with van der Waals surface area (Å²) in [4.78, 5) is 4.42. The summed E-state index contributed by atoms with van der Waals surface area (Å²) < 4.78 is 15.6. The van der Waals surface area contributed by atoms with Crippen molar-refractivity contribution in [2.45, 2.75) is 13.3 Å². The quantitative estimate of drug-likeness (QED) is 0.411. The molecule has 0 saturated heterocycles. The zero-order valence-electron chi connectivity index (χ0n) is 13.9. The average Bonchev–Trinajstić information content (AvgIpc) is 2.54. The van der Waals surface area contributed by atoms with Crippen molar-refractivity contribution in [3.05, 3.63) is 23.8 Å². The Morgan fingerprint density at radius 3 is 2.50 bits per heavy atom. The molecule has 0 aliphatic heterocycles. The molecular weight excluding hydrogens is 282 g/mol. The van der Waals surface area contributed by atoms with Gasteiger partial charge in [-0.05, 0) is 31.0 Å². The molecule has 6 heteroatoms. The Morgan fingerprint density at radius 2 is 1.86 bits per heavy atom. The first kappa shape index (κ1) is 18.1. The van der Waals surface area contributed by atoms with Gasteiger partial charge in [-0.25, -0.2) is 0 Å². The molecular formula is C16H27N3O3. The molecule has 0 spiro atoms. The topological polar surface area (TPSA) is 64.1 Å². The average molecular weight is 309 g/mol. The lowest BCUT2D eigenvalue weighted by Gasteiger charge is -2.12. The van der Waals surface area contributed by atoms with Gasteiger partial charge in [0, 0.05) is 20.2 Å². The number of aliphatic imine (C=N–C) groups is 1. The number of hydrogen-bond acceptors (Lipinski definition) is 4. The Labute approximate surface area is 132 Å². The second kappa shape index (κ2) is 10.7. The number of guanidine groups is 1. The second-order valence-electron chi connectivity index (χ2n) is 4.62. The minimum atomic E-state index is 0.617. The van der Waals surface area contributed by atoms with Gasteiger partial charge in [-0.3, -0.25) is 4.99 Å². The van der Waals surface area contributed by atoms with Crippen LogP contribution in [0.4, 0.5) is 0 Å². The van der Waals surface area contributed by atoms with E-state index in [2.05, 4.69) is 15.6 Å². The van der Waals surface area contributed by atoms with E-state index in [0.717, 1.165) is 37.0 Å². The molecule has 6 nitrogen and oxygen atoms in total. The summed E-state index contributed by atoms with van der Waals surface area (Å²) in [6.45, 7) is 4.92. The van der Waals surface area contributed by atoms with Gasteiger partial charge in [0.05, 0.1) is 27.4 Å². The van der Waals surface area contributed by atoms with Crippen molar-refractivity contribution in [2.75, 3.05) is 47.6 Å². The Bertz CT molecular complexity index is 464. The molecule has 0 radical (unpaired) electrons. The Morgan fingerprint density at radius 1 is 1.09 bits per heavy atom. The SMILES string of the molecule is CCNC(=NCCOC)NCCc1ccc(OC)c(OC)c1. The number of nitrogens with zero attached hydrogens (tertiary/aromatic N) is 1. The molecule has 22 heavy (non-hydrogen) atoms. The molecule has 0 aromatic heterocycles. The van der Waals surface area contributed by atoms with Crippen molar-refractivity contribution in [1.29, 1.82) is 0 Å². The van der Waals surface area contributed by atoms with Gasteiger partial charge in [0.25, 0.3) is 0 Å². The van der Waals surface area contributed by atoms with E-state index in [1.54, 1.807) is 21.3 Å². The maximum Gasteiger partial charge on any atom is 0.191 e. The van der Waals surface area contributed by atoms with Crippen LogP contribution in [0.3, 0.4) is 0 Å².